The van der Waals surface area contributed by atoms with Crippen molar-refractivity contribution in [2.24, 2.45) is 5.73 Å². The molecule has 1 aromatic rings. The van der Waals surface area contributed by atoms with Crippen molar-refractivity contribution in [1.29, 1.82) is 0 Å². The van der Waals surface area contributed by atoms with Crippen LogP contribution in [0.5, 0.6) is 0 Å². The van der Waals surface area contributed by atoms with Crippen molar-refractivity contribution < 1.29 is 4.79 Å². The first-order valence-electron chi connectivity index (χ1n) is 4.36. The number of nitrogens with two attached hydrogens (primary N) is 2. The molecule has 0 heterocycles. The lowest BCUT2D eigenvalue weighted by Gasteiger charge is -2.08. The van der Waals surface area contributed by atoms with Crippen molar-refractivity contribution in [2.45, 2.75) is 24.0 Å². The summed E-state index contributed by atoms with van der Waals surface area (Å²) in [5.41, 5.74) is 12.1. The first-order valence-corrected chi connectivity index (χ1v) is 5.24. The summed E-state index contributed by atoms with van der Waals surface area (Å²) in [7, 11) is 0. The van der Waals surface area contributed by atoms with Gasteiger partial charge in [-0.15, -0.1) is 11.8 Å². The van der Waals surface area contributed by atoms with Gasteiger partial charge < -0.3 is 11.5 Å². The largest absolute Gasteiger partial charge is 0.398 e. The minimum absolute atomic E-state index is 0.421. The Bertz CT molecular complexity index is 350. The quantitative estimate of drug-likeness (QED) is 0.591. The molecule has 0 bridgehead atoms. The Morgan fingerprint density at radius 3 is 2.57 bits per heavy atom. The Kier molecular flexibility index (Phi) is 3.41. The van der Waals surface area contributed by atoms with Gasteiger partial charge in [0, 0.05) is 21.4 Å². The van der Waals surface area contributed by atoms with E-state index in [1.807, 2.05) is 0 Å². The van der Waals surface area contributed by atoms with E-state index in [0.29, 0.717) is 16.5 Å². The fraction of sp³-hybridized carbons (Fsp3) is 0.300. The number of hydrogen-bond donors (Lipinski definition) is 2. The Hall–Kier alpha value is -1.16. The van der Waals surface area contributed by atoms with Crippen molar-refractivity contribution in [1.82, 2.24) is 0 Å². The highest BCUT2D eigenvalue weighted by molar-refractivity contribution is 8.00. The zero-order chi connectivity index (χ0) is 10.7. The zero-order valence-electron chi connectivity index (χ0n) is 8.28. The average Bonchev–Trinajstić information content (AvgIpc) is 2.07. The summed E-state index contributed by atoms with van der Waals surface area (Å²) in [5.74, 6) is -0.421. The molecule has 0 radical (unpaired) electrons. The standard InChI is InChI=1S/C10H14N2OS/c1-6(2)14-9-5-7(10(12)13)3-4-8(9)11/h3-6H,11H2,1-2H3,(H2,12,13). The molecule has 0 saturated carbocycles. The third-order valence-electron chi connectivity index (χ3n) is 1.66. The number of primary amides is 1. The lowest BCUT2D eigenvalue weighted by atomic mass is 10.2. The summed E-state index contributed by atoms with van der Waals surface area (Å²) in [6.45, 7) is 4.14. The molecular weight excluding hydrogens is 196 g/mol. The van der Waals surface area contributed by atoms with Gasteiger partial charge in [-0.25, -0.2) is 0 Å². The summed E-state index contributed by atoms with van der Waals surface area (Å²) in [6.07, 6.45) is 0. The molecule has 0 unspecified atom stereocenters. The van der Waals surface area contributed by atoms with Gasteiger partial charge in [-0.05, 0) is 18.2 Å². The first-order chi connectivity index (χ1) is 6.50. The molecule has 0 fully saturated rings. The second-order valence-corrected chi connectivity index (χ2v) is 4.90. The van der Waals surface area contributed by atoms with E-state index in [-0.39, 0.29) is 0 Å². The van der Waals surface area contributed by atoms with E-state index >= 15 is 0 Å². The molecule has 0 spiro atoms. The van der Waals surface area contributed by atoms with Crippen LogP contribution in [0.2, 0.25) is 0 Å². The van der Waals surface area contributed by atoms with Gasteiger partial charge in [-0.1, -0.05) is 13.8 Å². The lowest BCUT2D eigenvalue weighted by Crippen LogP contribution is -2.11. The zero-order valence-corrected chi connectivity index (χ0v) is 9.10. The van der Waals surface area contributed by atoms with Gasteiger partial charge in [0.05, 0.1) is 0 Å². The summed E-state index contributed by atoms with van der Waals surface area (Å²) in [5, 5.41) is 0.431. The molecule has 1 rings (SSSR count). The molecule has 0 aromatic heterocycles. The molecular formula is C10H14N2OS. The van der Waals surface area contributed by atoms with Crippen LogP contribution in [0.3, 0.4) is 0 Å². The Balaban J connectivity index is 3.02. The predicted molar refractivity (Wildman–Crippen MR) is 60.4 cm³/mol. The summed E-state index contributed by atoms with van der Waals surface area (Å²) < 4.78 is 0. The minimum Gasteiger partial charge on any atom is -0.398 e. The van der Waals surface area contributed by atoms with Crippen LogP contribution in [0.15, 0.2) is 23.1 Å². The van der Waals surface area contributed by atoms with Crippen molar-refractivity contribution in [3.8, 4) is 0 Å². The summed E-state index contributed by atoms with van der Waals surface area (Å²) >= 11 is 1.62. The van der Waals surface area contributed by atoms with Gasteiger partial charge in [-0.3, -0.25) is 4.79 Å². The van der Waals surface area contributed by atoms with E-state index < -0.39 is 5.91 Å². The Morgan fingerprint density at radius 2 is 2.07 bits per heavy atom. The number of amides is 1. The first kappa shape index (κ1) is 10.9. The molecule has 3 nitrogen and oxygen atoms in total. The maximum absolute atomic E-state index is 10.9. The van der Waals surface area contributed by atoms with E-state index in [0.717, 1.165) is 4.90 Å². The van der Waals surface area contributed by atoms with Gasteiger partial charge in [0.2, 0.25) is 5.91 Å². The van der Waals surface area contributed by atoms with Gasteiger partial charge in [0.25, 0.3) is 0 Å². The number of anilines is 1. The Labute approximate surface area is 87.9 Å². The summed E-state index contributed by atoms with van der Waals surface area (Å²) in [4.78, 5) is 11.8. The van der Waals surface area contributed by atoms with E-state index in [2.05, 4.69) is 13.8 Å². The molecule has 1 aromatic carbocycles. The topological polar surface area (TPSA) is 69.1 Å². The highest BCUT2D eigenvalue weighted by Crippen LogP contribution is 2.29. The molecule has 0 saturated heterocycles. The molecule has 14 heavy (non-hydrogen) atoms. The second-order valence-electron chi connectivity index (χ2n) is 3.28. The molecule has 0 atom stereocenters. The third-order valence-corrected chi connectivity index (χ3v) is 2.74. The van der Waals surface area contributed by atoms with Crippen molar-refractivity contribution in [3.63, 3.8) is 0 Å². The predicted octanol–water partition coefficient (Wildman–Crippen LogP) is 1.87. The SMILES string of the molecule is CC(C)Sc1cc(C(N)=O)ccc1N. The third kappa shape index (κ3) is 2.67. The normalized spacial score (nSPS) is 10.5. The van der Waals surface area contributed by atoms with E-state index in [1.165, 1.54) is 0 Å². The molecule has 0 aliphatic carbocycles. The van der Waals surface area contributed by atoms with Crippen LogP contribution in [0.1, 0.15) is 24.2 Å². The maximum atomic E-state index is 10.9. The highest BCUT2D eigenvalue weighted by Gasteiger charge is 2.06. The van der Waals surface area contributed by atoms with E-state index in [4.69, 9.17) is 11.5 Å². The number of thioether (sulfide) groups is 1. The van der Waals surface area contributed by atoms with E-state index in [1.54, 1.807) is 30.0 Å². The van der Waals surface area contributed by atoms with Crippen LogP contribution in [-0.2, 0) is 0 Å². The van der Waals surface area contributed by atoms with Crippen LogP contribution in [0.4, 0.5) is 5.69 Å². The summed E-state index contributed by atoms with van der Waals surface area (Å²) in [6, 6.07) is 5.09. The monoisotopic (exact) mass is 210 g/mol. The molecule has 1 amide bonds. The molecule has 4 N–H and O–H groups in total. The van der Waals surface area contributed by atoms with Crippen LogP contribution in [0.25, 0.3) is 0 Å². The number of carbonyl (C=O) groups excluding carboxylic acids is 1. The minimum atomic E-state index is -0.421. The van der Waals surface area contributed by atoms with Gasteiger partial charge in [-0.2, -0.15) is 0 Å². The van der Waals surface area contributed by atoms with Gasteiger partial charge in [0.1, 0.15) is 0 Å². The average molecular weight is 210 g/mol. The van der Waals surface area contributed by atoms with Gasteiger partial charge in [0.15, 0.2) is 0 Å². The van der Waals surface area contributed by atoms with Crippen molar-refractivity contribution in [3.05, 3.63) is 23.8 Å². The maximum Gasteiger partial charge on any atom is 0.248 e. The molecule has 0 aliphatic heterocycles. The second kappa shape index (κ2) is 4.37. The van der Waals surface area contributed by atoms with Crippen LogP contribution in [0, 0.1) is 0 Å². The molecule has 0 aliphatic rings. The number of benzene rings is 1. The number of rotatable bonds is 3. The Morgan fingerprint density at radius 1 is 1.43 bits per heavy atom. The van der Waals surface area contributed by atoms with Crippen molar-refractivity contribution in [2.75, 3.05) is 5.73 Å². The molecule has 4 heteroatoms. The van der Waals surface area contributed by atoms with E-state index in [9.17, 15) is 4.79 Å². The van der Waals surface area contributed by atoms with Crippen LogP contribution < -0.4 is 11.5 Å². The number of hydrogen-bond acceptors (Lipinski definition) is 3. The van der Waals surface area contributed by atoms with Crippen LogP contribution >= 0.6 is 11.8 Å². The van der Waals surface area contributed by atoms with Gasteiger partial charge >= 0.3 is 0 Å². The van der Waals surface area contributed by atoms with Crippen LogP contribution in [-0.4, -0.2) is 11.2 Å². The lowest BCUT2D eigenvalue weighted by molar-refractivity contribution is 0.1000. The number of carbonyl (C=O) groups is 1. The smallest absolute Gasteiger partial charge is 0.248 e. The molecule has 76 valence electrons. The number of nitrogen functional groups attached to an aromatic ring is 1. The fourth-order valence-corrected chi connectivity index (χ4v) is 1.95. The van der Waals surface area contributed by atoms with Crippen molar-refractivity contribution >= 4 is 23.4 Å². The highest BCUT2D eigenvalue weighted by atomic mass is 32.2. The fourth-order valence-electron chi connectivity index (χ4n) is 1.04.